The summed E-state index contributed by atoms with van der Waals surface area (Å²) >= 11 is 0. The molecule has 2 aromatic carbocycles. The number of nitrogens with two attached hydrogens (primary N) is 1. The minimum atomic E-state index is -3.76. The van der Waals surface area contributed by atoms with Gasteiger partial charge in [0, 0.05) is 19.2 Å². The van der Waals surface area contributed by atoms with Crippen LogP contribution in [-0.2, 0) is 27.8 Å². The summed E-state index contributed by atoms with van der Waals surface area (Å²) in [7, 11) is -3.76. The number of fused-ring (bicyclic) bond motifs is 1. The quantitative estimate of drug-likeness (QED) is 0.803. The van der Waals surface area contributed by atoms with E-state index in [0.717, 1.165) is 22.3 Å². The first-order valence-electron chi connectivity index (χ1n) is 9.37. The topological polar surface area (TPSA) is 80.5 Å². The standard InChI is InChI=1S/C22H26N2O3S/c1-15(2)21(18-6-4-16(3)5-7-18)13-22(25)24-11-10-17-8-9-20(28(23,26)27)12-19(17)14-24/h4-9,12-13,15H,10-11,14H2,1-3H3,(H2,23,26,27)/b21-13+. The van der Waals surface area contributed by atoms with Gasteiger partial charge in [-0.05, 0) is 53.7 Å². The lowest BCUT2D eigenvalue weighted by atomic mass is 9.93. The molecule has 1 aliphatic heterocycles. The summed E-state index contributed by atoms with van der Waals surface area (Å²) < 4.78 is 23.2. The van der Waals surface area contributed by atoms with E-state index in [4.69, 9.17) is 5.14 Å². The van der Waals surface area contributed by atoms with Gasteiger partial charge in [0.05, 0.1) is 4.90 Å². The largest absolute Gasteiger partial charge is 0.334 e. The Morgan fingerprint density at radius 3 is 2.39 bits per heavy atom. The highest BCUT2D eigenvalue weighted by Gasteiger charge is 2.22. The summed E-state index contributed by atoms with van der Waals surface area (Å²) in [4.78, 5) is 14.8. The number of allylic oxidation sites excluding steroid dienone is 1. The van der Waals surface area contributed by atoms with Crippen LogP contribution in [0.25, 0.3) is 5.57 Å². The van der Waals surface area contributed by atoms with Crippen LogP contribution in [0.1, 0.15) is 36.1 Å². The molecule has 0 saturated heterocycles. The molecule has 6 heteroatoms. The zero-order valence-corrected chi connectivity index (χ0v) is 17.3. The van der Waals surface area contributed by atoms with Gasteiger partial charge in [0.15, 0.2) is 0 Å². The molecule has 3 rings (SSSR count). The van der Waals surface area contributed by atoms with Crippen molar-refractivity contribution in [2.24, 2.45) is 11.1 Å². The Bertz CT molecular complexity index is 1020. The highest BCUT2D eigenvalue weighted by molar-refractivity contribution is 7.89. The predicted molar refractivity (Wildman–Crippen MR) is 111 cm³/mol. The molecule has 0 aliphatic carbocycles. The minimum absolute atomic E-state index is 0.0593. The van der Waals surface area contributed by atoms with Gasteiger partial charge in [-0.1, -0.05) is 49.7 Å². The summed E-state index contributed by atoms with van der Waals surface area (Å²) in [5, 5.41) is 5.24. The highest BCUT2D eigenvalue weighted by Crippen LogP contribution is 2.26. The SMILES string of the molecule is Cc1ccc(/C(=C/C(=O)N2CCc3ccc(S(N)(=O)=O)cc3C2)C(C)C)cc1. The van der Waals surface area contributed by atoms with Crippen molar-refractivity contribution in [2.75, 3.05) is 6.54 Å². The van der Waals surface area contributed by atoms with Crippen molar-refractivity contribution in [3.63, 3.8) is 0 Å². The predicted octanol–water partition coefficient (Wildman–Crippen LogP) is 3.27. The maximum Gasteiger partial charge on any atom is 0.247 e. The van der Waals surface area contributed by atoms with Gasteiger partial charge in [-0.15, -0.1) is 0 Å². The number of benzene rings is 2. The number of primary sulfonamides is 1. The minimum Gasteiger partial charge on any atom is -0.334 e. The first kappa shape index (κ1) is 20.3. The number of hydrogen-bond acceptors (Lipinski definition) is 3. The molecule has 1 aliphatic rings. The van der Waals surface area contributed by atoms with E-state index < -0.39 is 10.0 Å². The number of hydrogen-bond donors (Lipinski definition) is 1. The molecule has 0 spiro atoms. The Balaban J connectivity index is 1.86. The van der Waals surface area contributed by atoms with Gasteiger partial charge < -0.3 is 4.90 Å². The van der Waals surface area contributed by atoms with Crippen LogP contribution in [0.3, 0.4) is 0 Å². The molecule has 0 saturated carbocycles. The van der Waals surface area contributed by atoms with Crippen molar-refractivity contribution in [1.29, 1.82) is 0 Å². The third kappa shape index (κ3) is 4.51. The van der Waals surface area contributed by atoms with Gasteiger partial charge in [-0.2, -0.15) is 0 Å². The van der Waals surface area contributed by atoms with Crippen LogP contribution in [0.2, 0.25) is 0 Å². The van der Waals surface area contributed by atoms with Crippen LogP contribution in [0, 0.1) is 12.8 Å². The molecular formula is C22H26N2O3S. The molecule has 0 fully saturated rings. The first-order valence-corrected chi connectivity index (χ1v) is 10.9. The number of carbonyl (C=O) groups excluding carboxylic acids is 1. The fourth-order valence-electron chi connectivity index (χ4n) is 3.45. The number of sulfonamides is 1. The van der Waals surface area contributed by atoms with Gasteiger partial charge in [-0.25, -0.2) is 13.6 Å². The van der Waals surface area contributed by atoms with E-state index in [1.807, 2.05) is 31.2 Å². The molecule has 1 heterocycles. The lowest BCUT2D eigenvalue weighted by Crippen LogP contribution is -2.35. The van der Waals surface area contributed by atoms with E-state index >= 15 is 0 Å². The molecular weight excluding hydrogens is 372 g/mol. The average molecular weight is 399 g/mol. The number of rotatable bonds is 4. The van der Waals surface area contributed by atoms with Crippen LogP contribution in [0.15, 0.2) is 53.4 Å². The van der Waals surface area contributed by atoms with Crippen LogP contribution < -0.4 is 5.14 Å². The van der Waals surface area contributed by atoms with E-state index in [2.05, 4.69) is 13.8 Å². The Morgan fingerprint density at radius 2 is 1.79 bits per heavy atom. The second kappa shape index (κ2) is 7.89. The number of aryl methyl sites for hydroxylation is 1. The van der Waals surface area contributed by atoms with Crippen molar-refractivity contribution in [3.05, 3.63) is 70.8 Å². The van der Waals surface area contributed by atoms with Crippen LogP contribution in [0.4, 0.5) is 0 Å². The monoisotopic (exact) mass is 398 g/mol. The van der Waals surface area contributed by atoms with Gasteiger partial charge in [0.2, 0.25) is 15.9 Å². The molecule has 0 atom stereocenters. The van der Waals surface area contributed by atoms with Gasteiger partial charge in [-0.3, -0.25) is 4.79 Å². The summed E-state index contributed by atoms with van der Waals surface area (Å²) in [6, 6.07) is 13.1. The maximum atomic E-state index is 13.0. The number of nitrogens with zero attached hydrogens (tertiary/aromatic N) is 1. The Kier molecular flexibility index (Phi) is 5.72. The molecule has 148 valence electrons. The Labute approximate surface area is 166 Å². The average Bonchev–Trinajstić information content (AvgIpc) is 2.65. The van der Waals surface area contributed by atoms with Crippen molar-refractivity contribution in [2.45, 2.75) is 38.6 Å². The smallest absolute Gasteiger partial charge is 0.247 e. The van der Waals surface area contributed by atoms with Crippen LogP contribution in [0.5, 0.6) is 0 Å². The molecule has 2 N–H and O–H groups in total. The van der Waals surface area contributed by atoms with E-state index in [9.17, 15) is 13.2 Å². The van der Waals surface area contributed by atoms with Gasteiger partial charge in [0.1, 0.15) is 0 Å². The molecule has 0 bridgehead atoms. The maximum absolute atomic E-state index is 13.0. The second-order valence-electron chi connectivity index (χ2n) is 7.61. The van der Waals surface area contributed by atoms with E-state index in [1.165, 1.54) is 11.6 Å². The van der Waals surface area contributed by atoms with Crippen molar-refractivity contribution >= 4 is 21.5 Å². The fraction of sp³-hybridized carbons (Fsp3) is 0.318. The third-order valence-corrected chi connectivity index (χ3v) is 6.03. The van der Waals surface area contributed by atoms with Crippen LogP contribution in [-0.4, -0.2) is 25.8 Å². The van der Waals surface area contributed by atoms with Gasteiger partial charge in [0.25, 0.3) is 0 Å². The molecule has 0 unspecified atom stereocenters. The Hall–Kier alpha value is -2.44. The second-order valence-corrected chi connectivity index (χ2v) is 9.17. The summed E-state index contributed by atoms with van der Waals surface area (Å²) in [6.45, 7) is 7.17. The van der Waals surface area contributed by atoms with Crippen molar-refractivity contribution < 1.29 is 13.2 Å². The Morgan fingerprint density at radius 1 is 1.11 bits per heavy atom. The molecule has 0 aromatic heterocycles. The molecule has 0 radical (unpaired) electrons. The van der Waals surface area contributed by atoms with E-state index in [-0.39, 0.29) is 16.7 Å². The summed E-state index contributed by atoms with van der Waals surface area (Å²) in [5.74, 6) is 0.147. The third-order valence-electron chi connectivity index (χ3n) is 5.12. The van der Waals surface area contributed by atoms with Crippen molar-refractivity contribution in [1.82, 2.24) is 4.90 Å². The highest BCUT2D eigenvalue weighted by atomic mass is 32.2. The van der Waals surface area contributed by atoms with Crippen LogP contribution >= 0.6 is 0 Å². The molecule has 2 aromatic rings. The van der Waals surface area contributed by atoms with Gasteiger partial charge >= 0.3 is 0 Å². The van der Waals surface area contributed by atoms with E-state index in [1.54, 1.807) is 23.1 Å². The number of carbonyl (C=O) groups is 1. The summed E-state index contributed by atoms with van der Waals surface area (Å²) in [6.07, 6.45) is 2.41. The normalized spacial score (nSPS) is 14.9. The zero-order valence-electron chi connectivity index (χ0n) is 16.5. The lowest BCUT2D eigenvalue weighted by Gasteiger charge is -2.29. The molecule has 28 heavy (non-hydrogen) atoms. The molecule has 1 amide bonds. The zero-order chi connectivity index (χ0) is 20.5. The first-order chi connectivity index (χ1) is 13.1. The summed E-state index contributed by atoms with van der Waals surface area (Å²) in [5.41, 5.74) is 5.11. The van der Waals surface area contributed by atoms with E-state index in [0.29, 0.717) is 19.5 Å². The lowest BCUT2D eigenvalue weighted by molar-refractivity contribution is -0.126. The number of amides is 1. The van der Waals surface area contributed by atoms with Crippen molar-refractivity contribution in [3.8, 4) is 0 Å². The molecule has 5 nitrogen and oxygen atoms in total. The fourth-order valence-corrected chi connectivity index (χ4v) is 4.02.